The summed E-state index contributed by atoms with van der Waals surface area (Å²) in [5.74, 6) is -2.31. The molecular formula is C30H40N6O5. The van der Waals surface area contributed by atoms with Crippen molar-refractivity contribution in [2.45, 2.75) is 63.4 Å². The minimum Gasteiger partial charge on any atom is -0.395 e. The second kappa shape index (κ2) is 11.4. The van der Waals surface area contributed by atoms with Gasteiger partial charge < -0.3 is 24.5 Å². The van der Waals surface area contributed by atoms with Crippen molar-refractivity contribution in [3.63, 3.8) is 0 Å². The van der Waals surface area contributed by atoms with Crippen LogP contribution in [0.3, 0.4) is 0 Å². The van der Waals surface area contributed by atoms with Crippen LogP contribution in [0.4, 0.5) is 0 Å². The van der Waals surface area contributed by atoms with Gasteiger partial charge in [-0.1, -0.05) is 43.3 Å². The van der Waals surface area contributed by atoms with Crippen LogP contribution in [0.5, 0.6) is 0 Å². The number of aliphatic hydroxyl groups excluding tert-OH is 1. The highest BCUT2D eigenvalue weighted by molar-refractivity contribution is 5.99. The predicted molar refractivity (Wildman–Crippen MR) is 152 cm³/mol. The molecule has 3 aliphatic heterocycles. The number of hydrogen-bond donors (Lipinski definition) is 1. The molecular weight excluding hydrogens is 524 g/mol. The maximum Gasteiger partial charge on any atom is 0.250 e. The minimum atomic E-state index is -1.17. The Labute approximate surface area is 240 Å². The molecule has 41 heavy (non-hydrogen) atoms. The summed E-state index contributed by atoms with van der Waals surface area (Å²) in [5, 5.41) is 18.4. The van der Waals surface area contributed by atoms with Crippen molar-refractivity contribution in [1.29, 1.82) is 0 Å². The summed E-state index contributed by atoms with van der Waals surface area (Å²) in [6, 6.07) is 6.49. The molecule has 2 aromatic rings. The van der Waals surface area contributed by atoms with Gasteiger partial charge in [-0.2, -0.15) is 0 Å². The maximum atomic E-state index is 14.5. The molecule has 3 aliphatic rings. The smallest absolute Gasteiger partial charge is 0.250 e. The van der Waals surface area contributed by atoms with Crippen LogP contribution in [0, 0.1) is 11.8 Å². The monoisotopic (exact) mass is 564 g/mol. The lowest BCUT2D eigenvalue weighted by molar-refractivity contribution is -0.156. The summed E-state index contributed by atoms with van der Waals surface area (Å²) in [5.41, 5.74) is -0.530. The molecule has 2 bridgehead atoms. The number of likely N-dealkylation sites (tertiary alicyclic amines) is 1. The number of nitrogens with zero attached hydrogens (tertiary/aromatic N) is 6. The number of carbonyl (C=O) groups is 3. The predicted octanol–water partition coefficient (Wildman–Crippen LogP) is 1.98. The number of hydrogen-bond acceptors (Lipinski definition) is 7. The Kier molecular flexibility index (Phi) is 8.02. The highest BCUT2D eigenvalue weighted by Gasteiger charge is 2.79. The van der Waals surface area contributed by atoms with Gasteiger partial charge in [0.1, 0.15) is 23.8 Å². The third-order valence-electron chi connectivity index (χ3n) is 9.06. The van der Waals surface area contributed by atoms with E-state index < -0.39 is 29.1 Å². The Morgan fingerprint density at radius 1 is 1.15 bits per heavy atom. The zero-order valence-corrected chi connectivity index (χ0v) is 23.9. The van der Waals surface area contributed by atoms with E-state index in [2.05, 4.69) is 23.5 Å². The first kappa shape index (κ1) is 28.9. The Morgan fingerprint density at radius 3 is 2.56 bits per heavy atom. The molecule has 4 heterocycles. The lowest BCUT2D eigenvalue weighted by atomic mass is 9.64. The Bertz CT molecular complexity index is 1340. The van der Waals surface area contributed by atoms with Gasteiger partial charge in [-0.3, -0.25) is 14.4 Å². The lowest BCUT2D eigenvalue weighted by Crippen LogP contribution is -2.57. The fourth-order valence-electron chi connectivity index (χ4n) is 7.36. The molecule has 0 saturated carbocycles. The third kappa shape index (κ3) is 4.46. The fourth-order valence-corrected chi connectivity index (χ4v) is 7.36. The van der Waals surface area contributed by atoms with Gasteiger partial charge in [0.2, 0.25) is 17.7 Å². The van der Waals surface area contributed by atoms with Crippen molar-refractivity contribution < 1.29 is 24.2 Å². The number of aliphatic hydroxyl groups is 1. The lowest BCUT2D eigenvalue weighted by Gasteiger charge is -2.37. The van der Waals surface area contributed by atoms with E-state index in [9.17, 15) is 19.5 Å². The SMILES string of the molecule is C=CCN(Cn1nnc2ccccc21)C(=O)C1N(CCO)C(=O)[C@@H]2[C@H](C(=O)N(CC=C)CCC)[C@]3(CC)CCC12O3. The summed E-state index contributed by atoms with van der Waals surface area (Å²) >= 11 is 0. The number of rotatable bonds is 13. The fraction of sp³-hybridized carbons (Fsp3) is 0.567. The van der Waals surface area contributed by atoms with Crippen LogP contribution in [0.1, 0.15) is 39.5 Å². The van der Waals surface area contributed by atoms with Gasteiger partial charge in [0, 0.05) is 26.2 Å². The molecule has 0 radical (unpaired) electrons. The van der Waals surface area contributed by atoms with E-state index in [-0.39, 0.29) is 44.1 Å². The van der Waals surface area contributed by atoms with Crippen LogP contribution in [-0.2, 0) is 25.8 Å². The highest BCUT2D eigenvalue weighted by Crippen LogP contribution is 2.64. The van der Waals surface area contributed by atoms with E-state index in [0.29, 0.717) is 37.9 Å². The highest BCUT2D eigenvalue weighted by atomic mass is 16.5. The van der Waals surface area contributed by atoms with Crippen LogP contribution in [0.2, 0.25) is 0 Å². The number of amides is 3. The van der Waals surface area contributed by atoms with Gasteiger partial charge in [0.05, 0.1) is 29.6 Å². The standard InChI is InChI=1S/C30H40N6O5/c1-5-15-33(16-6-2)26(38)23-24-27(39)35(18-19-37)25(30(24)14-13-29(23,8-4)41-30)28(40)34(17-7-3)20-36-22-12-10-9-11-21(22)31-32-36/h5,7,9-12,23-25,37H,1,3,6,8,13-20H2,2,4H3/t23-,24+,25?,29+,30?/m1/s1. The molecule has 5 rings (SSSR count). The topological polar surface area (TPSA) is 121 Å². The molecule has 1 N–H and O–H groups in total. The first-order chi connectivity index (χ1) is 19.8. The van der Waals surface area contributed by atoms with Crippen LogP contribution in [0.15, 0.2) is 49.6 Å². The molecule has 11 heteroatoms. The van der Waals surface area contributed by atoms with Gasteiger partial charge in [0.15, 0.2) is 0 Å². The van der Waals surface area contributed by atoms with Crippen molar-refractivity contribution >= 4 is 28.8 Å². The van der Waals surface area contributed by atoms with Gasteiger partial charge in [0.25, 0.3) is 0 Å². The second-order valence-corrected chi connectivity index (χ2v) is 11.2. The van der Waals surface area contributed by atoms with Crippen LogP contribution < -0.4 is 0 Å². The Balaban J connectivity index is 1.55. The molecule has 3 amide bonds. The second-order valence-electron chi connectivity index (χ2n) is 11.2. The van der Waals surface area contributed by atoms with Crippen LogP contribution in [0.25, 0.3) is 11.0 Å². The first-order valence-corrected chi connectivity index (χ1v) is 14.5. The zero-order valence-electron chi connectivity index (χ0n) is 23.9. The molecule has 11 nitrogen and oxygen atoms in total. The van der Waals surface area contributed by atoms with Gasteiger partial charge >= 0.3 is 0 Å². The van der Waals surface area contributed by atoms with Gasteiger partial charge in [-0.25, -0.2) is 4.68 Å². The molecule has 1 aromatic carbocycles. The molecule has 220 valence electrons. The van der Waals surface area contributed by atoms with E-state index in [1.807, 2.05) is 38.1 Å². The quantitative estimate of drug-likeness (QED) is 0.369. The molecule has 1 spiro atoms. The molecule has 1 aromatic heterocycles. The number of ether oxygens (including phenoxy) is 1. The zero-order chi connectivity index (χ0) is 29.4. The summed E-state index contributed by atoms with van der Waals surface area (Å²) in [4.78, 5) is 47.6. The normalized spacial score (nSPS) is 28.2. The number of aromatic nitrogens is 3. The molecule has 2 unspecified atom stereocenters. The third-order valence-corrected chi connectivity index (χ3v) is 9.06. The van der Waals surface area contributed by atoms with E-state index in [4.69, 9.17) is 4.74 Å². The average molecular weight is 565 g/mol. The van der Waals surface area contributed by atoms with Crippen molar-refractivity contribution in [3.8, 4) is 0 Å². The summed E-state index contributed by atoms with van der Waals surface area (Å²) < 4.78 is 8.49. The summed E-state index contributed by atoms with van der Waals surface area (Å²) in [6.07, 6.45) is 5.68. The first-order valence-electron chi connectivity index (χ1n) is 14.5. The van der Waals surface area contributed by atoms with E-state index in [1.165, 1.54) is 4.90 Å². The number of β-amino-alcohol motifs (C(OH)–C–C–N with tert-alkyl or cyclic N) is 1. The molecule has 3 fully saturated rings. The minimum absolute atomic E-state index is 0.0313. The van der Waals surface area contributed by atoms with Crippen LogP contribution in [-0.4, -0.2) is 103 Å². The summed E-state index contributed by atoms with van der Waals surface area (Å²) in [6.45, 7) is 12.5. The maximum absolute atomic E-state index is 14.5. The van der Waals surface area contributed by atoms with Crippen molar-refractivity contribution in [1.82, 2.24) is 29.7 Å². The van der Waals surface area contributed by atoms with Crippen molar-refractivity contribution in [2.24, 2.45) is 11.8 Å². The van der Waals surface area contributed by atoms with Crippen LogP contribution >= 0.6 is 0 Å². The molecule has 5 atom stereocenters. The Morgan fingerprint density at radius 2 is 1.88 bits per heavy atom. The average Bonchev–Trinajstić information content (AvgIpc) is 3.70. The van der Waals surface area contributed by atoms with Crippen molar-refractivity contribution in [2.75, 3.05) is 32.8 Å². The molecule has 0 aliphatic carbocycles. The van der Waals surface area contributed by atoms with Gasteiger partial charge in [-0.05, 0) is 37.8 Å². The van der Waals surface area contributed by atoms with E-state index >= 15 is 0 Å². The van der Waals surface area contributed by atoms with Crippen molar-refractivity contribution in [3.05, 3.63) is 49.6 Å². The number of carbonyl (C=O) groups excluding carboxylic acids is 3. The Hall–Kier alpha value is -3.57. The van der Waals surface area contributed by atoms with E-state index in [1.54, 1.807) is 26.6 Å². The molecule has 3 saturated heterocycles. The number of benzene rings is 1. The largest absolute Gasteiger partial charge is 0.395 e. The van der Waals surface area contributed by atoms with E-state index in [0.717, 1.165) is 11.9 Å². The summed E-state index contributed by atoms with van der Waals surface area (Å²) in [7, 11) is 0. The number of para-hydroxylation sites is 1. The van der Waals surface area contributed by atoms with Gasteiger partial charge in [-0.15, -0.1) is 18.3 Å². The number of fused-ring (bicyclic) bond motifs is 2.